The lowest BCUT2D eigenvalue weighted by Gasteiger charge is -2.30. The molecule has 2 unspecified atom stereocenters. The fourth-order valence-corrected chi connectivity index (χ4v) is 2.64. The Kier molecular flexibility index (Phi) is 3.41. The Labute approximate surface area is 107 Å². The monoisotopic (exact) mass is 249 g/mol. The van der Waals surface area contributed by atoms with Crippen LogP contribution >= 0.6 is 0 Å². The fourth-order valence-electron chi connectivity index (χ4n) is 2.64. The lowest BCUT2D eigenvalue weighted by molar-refractivity contribution is 0.0690. The lowest BCUT2D eigenvalue weighted by Crippen LogP contribution is -2.35. The molecule has 2 heterocycles. The average Bonchev–Trinajstić information content (AvgIpc) is 2.71. The minimum Gasteiger partial charge on any atom is -0.477 e. The summed E-state index contributed by atoms with van der Waals surface area (Å²) in [6.45, 7) is 4.26. The highest BCUT2D eigenvalue weighted by Crippen LogP contribution is 2.34. The topological polar surface area (TPSA) is 79.5 Å². The zero-order valence-corrected chi connectivity index (χ0v) is 10.8. The first-order chi connectivity index (χ1) is 8.54. The molecule has 0 spiro atoms. The Bertz CT molecular complexity index is 462. The molecule has 18 heavy (non-hydrogen) atoms. The molecule has 3 N–H and O–H groups in total. The summed E-state index contributed by atoms with van der Waals surface area (Å²) in [6.07, 6.45) is 3.22. The van der Waals surface area contributed by atoms with Gasteiger partial charge in [-0.05, 0) is 38.3 Å². The standard InChI is InChI=1S/C13H19N3O2/c1-3-9-5-4-8(2)16(9)12-10(14)6-7-11(15-12)13(17)18/h6-9H,3-5,14H2,1-2H3,(H,17,18). The summed E-state index contributed by atoms with van der Waals surface area (Å²) in [5.41, 5.74) is 6.55. The highest BCUT2D eigenvalue weighted by atomic mass is 16.4. The van der Waals surface area contributed by atoms with E-state index in [-0.39, 0.29) is 5.69 Å². The van der Waals surface area contributed by atoms with Crippen molar-refractivity contribution in [2.24, 2.45) is 0 Å². The maximum atomic E-state index is 11.0. The summed E-state index contributed by atoms with van der Waals surface area (Å²) in [5.74, 6) is -0.400. The van der Waals surface area contributed by atoms with Crippen molar-refractivity contribution in [1.82, 2.24) is 4.98 Å². The predicted molar refractivity (Wildman–Crippen MR) is 70.9 cm³/mol. The van der Waals surface area contributed by atoms with Crippen molar-refractivity contribution >= 4 is 17.5 Å². The molecule has 0 bridgehead atoms. The molecule has 98 valence electrons. The number of nitrogens with zero attached hydrogens (tertiary/aromatic N) is 2. The summed E-state index contributed by atoms with van der Waals surface area (Å²) in [7, 11) is 0. The number of nitrogens with two attached hydrogens (primary N) is 1. The number of anilines is 2. The van der Waals surface area contributed by atoms with E-state index in [4.69, 9.17) is 10.8 Å². The van der Waals surface area contributed by atoms with Crippen LogP contribution in [0.5, 0.6) is 0 Å². The fraction of sp³-hybridized carbons (Fsp3) is 0.538. The molecule has 0 radical (unpaired) electrons. The van der Waals surface area contributed by atoms with E-state index in [0.717, 1.165) is 19.3 Å². The molecule has 0 aliphatic carbocycles. The van der Waals surface area contributed by atoms with Gasteiger partial charge in [-0.1, -0.05) is 6.92 Å². The molecule has 0 amide bonds. The number of hydrogen-bond donors (Lipinski definition) is 2. The van der Waals surface area contributed by atoms with Crippen LogP contribution in [0.4, 0.5) is 11.5 Å². The molecule has 2 rings (SSSR count). The van der Waals surface area contributed by atoms with Gasteiger partial charge in [-0.15, -0.1) is 0 Å². The Morgan fingerprint density at radius 1 is 1.56 bits per heavy atom. The summed E-state index contributed by atoms with van der Waals surface area (Å²) in [5, 5.41) is 9.01. The summed E-state index contributed by atoms with van der Waals surface area (Å²) in [6, 6.07) is 3.83. The Morgan fingerprint density at radius 2 is 2.28 bits per heavy atom. The van der Waals surface area contributed by atoms with Gasteiger partial charge in [0, 0.05) is 12.1 Å². The molecule has 1 aromatic rings. The molecular formula is C13H19N3O2. The highest BCUT2D eigenvalue weighted by Gasteiger charge is 2.31. The van der Waals surface area contributed by atoms with Gasteiger partial charge >= 0.3 is 5.97 Å². The molecule has 1 fully saturated rings. The normalized spacial score (nSPS) is 23.3. The number of nitrogen functional groups attached to an aromatic ring is 1. The predicted octanol–water partition coefficient (Wildman–Crippen LogP) is 2.13. The zero-order chi connectivity index (χ0) is 13.3. The molecule has 0 saturated carbocycles. The van der Waals surface area contributed by atoms with Crippen LogP contribution in [0.3, 0.4) is 0 Å². The first-order valence-corrected chi connectivity index (χ1v) is 6.32. The van der Waals surface area contributed by atoms with Gasteiger partial charge in [-0.25, -0.2) is 9.78 Å². The van der Waals surface area contributed by atoms with E-state index in [1.807, 2.05) is 0 Å². The summed E-state index contributed by atoms with van der Waals surface area (Å²) >= 11 is 0. The quantitative estimate of drug-likeness (QED) is 0.857. The maximum absolute atomic E-state index is 11.0. The number of carboxylic acids is 1. The van der Waals surface area contributed by atoms with Gasteiger partial charge in [0.05, 0.1) is 5.69 Å². The molecule has 1 saturated heterocycles. The van der Waals surface area contributed by atoms with Crippen LogP contribution in [0.15, 0.2) is 12.1 Å². The number of aromatic carboxylic acids is 1. The second-order valence-electron chi connectivity index (χ2n) is 4.81. The van der Waals surface area contributed by atoms with Crippen molar-refractivity contribution in [3.05, 3.63) is 17.8 Å². The second kappa shape index (κ2) is 4.84. The first kappa shape index (κ1) is 12.7. The van der Waals surface area contributed by atoms with Gasteiger partial charge in [-0.3, -0.25) is 0 Å². The second-order valence-corrected chi connectivity index (χ2v) is 4.81. The van der Waals surface area contributed by atoms with Gasteiger partial charge in [0.1, 0.15) is 0 Å². The van der Waals surface area contributed by atoms with E-state index in [9.17, 15) is 4.79 Å². The molecule has 5 heteroatoms. The maximum Gasteiger partial charge on any atom is 0.354 e. The van der Waals surface area contributed by atoms with Crippen LogP contribution in [-0.4, -0.2) is 28.1 Å². The zero-order valence-electron chi connectivity index (χ0n) is 10.8. The van der Waals surface area contributed by atoms with Crippen molar-refractivity contribution in [3.63, 3.8) is 0 Å². The molecule has 5 nitrogen and oxygen atoms in total. The molecule has 1 aliphatic heterocycles. The molecule has 2 atom stereocenters. The number of aromatic nitrogens is 1. The Morgan fingerprint density at radius 3 is 2.89 bits per heavy atom. The minimum absolute atomic E-state index is 0.0492. The van der Waals surface area contributed by atoms with Gasteiger partial charge in [0.15, 0.2) is 11.5 Å². The number of carbonyl (C=O) groups is 1. The van der Waals surface area contributed by atoms with Crippen molar-refractivity contribution in [2.75, 3.05) is 10.6 Å². The van der Waals surface area contributed by atoms with E-state index in [1.54, 1.807) is 6.07 Å². The third-order valence-electron chi connectivity index (χ3n) is 3.63. The minimum atomic E-state index is -1.02. The number of pyridine rings is 1. The molecule has 1 aromatic heterocycles. The average molecular weight is 249 g/mol. The SMILES string of the molecule is CCC1CCC(C)N1c1nc(C(=O)O)ccc1N. The Hall–Kier alpha value is -1.78. The van der Waals surface area contributed by atoms with Crippen molar-refractivity contribution in [1.29, 1.82) is 0 Å². The van der Waals surface area contributed by atoms with Gasteiger partial charge in [0.2, 0.25) is 0 Å². The third kappa shape index (κ3) is 2.12. The molecular weight excluding hydrogens is 230 g/mol. The van der Waals surface area contributed by atoms with Crippen LogP contribution in [-0.2, 0) is 0 Å². The van der Waals surface area contributed by atoms with Crippen LogP contribution < -0.4 is 10.6 Å². The van der Waals surface area contributed by atoms with Crippen molar-refractivity contribution in [3.8, 4) is 0 Å². The third-order valence-corrected chi connectivity index (χ3v) is 3.63. The van der Waals surface area contributed by atoms with E-state index >= 15 is 0 Å². The van der Waals surface area contributed by atoms with E-state index in [0.29, 0.717) is 23.6 Å². The number of hydrogen-bond acceptors (Lipinski definition) is 4. The smallest absolute Gasteiger partial charge is 0.354 e. The Balaban J connectivity index is 2.42. The molecule has 0 aromatic carbocycles. The number of carboxylic acid groups (broad SMARTS) is 1. The highest BCUT2D eigenvalue weighted by molar-refractivity contribution is 5.87. The van der Waals surface area contributed by atoms with Gasteiger partial charge in [0.25, 0.3) is 0 Å². The van der Waals surface area contributed by atoms with Crippen molar-refractivity contribution < 1.29 is 9.90 Å². The van der Waals surface area contributed by atoms with Crippen LogP contribution in [0, 0.1) is 0 Å². The molecule has 1 aliphatic rings. The van der Waals surface area contributed by atoms with E-state index < -0.39 is 5.97 Å². The lowest BCUT2D eigenvalue weighted by atomic mass is 10.1. The number of rotatable bonds is 3. The largest absolute Gasteiger partial charge is 0.477 e. The van der Waals surface area contributed by atoms with E-state index in [1.165, 1.54) is 6.07 Å². The summed E-state index contributed by atoms with van der Waals surface area (Å²) in [4.78, 5) is 17.4. The van der Waals surface area contributed by atoms with Crippen LogP contribution in [0.2, 0.25) is 0 Å². The first-order valence-electron chi connectivity index (χ1n) is 6.32. The summed E-state index contributed by atoms with van der Waals surface area (Å²) < 4.78 is 0. The van der Waals surface area contributed by atoms with Crippen molar-refractivity contribution in [2.45, 2.75) is 45.2 Å². The van der Waals surface area contributed by atoms with Gasteiger partial charge < -0.3 is 15.7 Å². The van der Waals surface area contributed by atoms with Crippen LogP contribution in [0.25, 0.3) is 0 Å². The van der Waals surface area contributed by atoms with Gasteiger partial charge in [-0.2, -0.15) is 0 Å². The van der Waals surface area contributed by atoms with E-state index in [2.05, 4.69) is 23.7 Å². The van der Waals surface area contributed by atoms with Crippen LogP contribution in [0.1, 0.15) is 43.6 Å².